The topological polar surface area (TPSA) is 34.1 Å². The molecular formula is C9H16F2O2. The SMILES string of the molecule is CC(C)C(C)C(C)C(F)F.O=C=O. The van der Waals surface area contributed by atoms with Crippen LogP contribution in [0.25, 0.3) is 0 Å². The third-order valence-electron chi connectivity index (χ3n) is 2.28. The van der Waals surface area contributed by atoms with Gasteiger partial charge < -0.3 is 0 Å². The first kappa shape index (κ1) is 14.7. The van der Waals surface area contributed by atoms with Crippen LogP contribution in [0.2, 0.25) is 0 Å². The summed E-state index contributed by atoms with van der Waals surface area (Å²) in [5.41, 5.74) is 0. The van der Waals surface area contributed by atoms with Gasteiger partial charge in [-0.3, -0.25) is 0 Å². The summed E-state index contributed by atoms with van der Waals surface area (Å²) in [6, 6.07) is 0. The predicted octanol–water partition coefficient (Wildman–Crippen LogP) is 2.60. The average molecular weight is 194 g/mol. The van der Waals surface area contributed by atoms with Crippen LogP contribution in [-0.4, -0.2) is 12.6 Å². The summed E-state index contributed by atoms with van der Waals surface area (Å²) in [7, 11) is 0. The molecule has 0 aliphatic heterocycles. The normalized spacial score (nSPS) is 14.5. The van der Waals surface area contributed by atoms with Crippen LogP contribution < -0.4 is 0 Å². The molecule has 0 radical (unpaired) electrons. The van der Waals surface area contributed by atoms with Gasteiger partial charge in [0.2, 0.25) is 6.43 Å². The van der Waals surface area contributed by atoms with E-state index in [0.29, 0.717) is 5.92 Å². The largest absolute Gasteiger partial charge is 0.373 e. The molecule has 0 bridgehead atoms. The molecule has 0 heterocycles. The monoisotopic (exact) mass is 194 g/mol. The summed E-state index contributed by atoms with van der Waals surface area (Å²) in [6.45, 7) is 7.43. The lowest BCUT2D eigenvalue weighted by atomic mass is 9.86. The van der Waals surface area contributed by atoms with Gasteiger partial charge in [-0.05, 0) is 11.8 Å². The first-order valence-corrected chi connectivity index (χ1v) is 4.15. The molecule has 0 aromatic carbocycles. The summed E-state index contributed by atoms with van der Waals surface area (Å²) in [5.74, 6) is -0.0102. The molecule has 2 atom stereocenters. The molecule has 4 heteroatoms. The highest BCUT2D eigenvalue weighted by atomic mass is 19.3. The Morgan fingerprint density at radius 2 is 1.23 bits per heavy atom. The molecule has 0 aliphatic rings. The maximum Gasteiger partial charge on any atom is 0.373 e. The van der Waals surface area contributed by atoms with Gasteiger partial charge in [0.25, 0.3) is 0 Å². The second-order valence-electron chi connectivity index (χ2n) is 3.38. The van der Waals surface area contributed by atoms with Crippen LogP contribution >= 0.6 is 0 Å². The Kier molecular flexibility index (Phi) is 8.92. The highest BCUT2D eigenvalue weighted by Gasteiger charge is 2.23. The van der Waals surface area contributed by atoms with Crippen molar-refractivity contribution in [1.82, 2.24) is 0 Å². The lowest BCUT2D eigenvalue weighted by Crippen LogP contribution is -2.20. The van der Waals surface area contributed by atoms with Crippen molar-refractivity contribution >= 4 is 6.15 Å². The van der Waals surface area contributed by atoms with Gasteiger partial charge in [-0.1, -0.05) is 27.7 Å². The molecule has 0 aromatic rings. The zero-order chi connectivity index (χ0) is 11.0. The van der Waals surface area contributed by atoms with Crippen molar-refractivity contribution in [3.05, 3.63) is 0 Å². The molecule has 13 heavy (non-hydrogen) atoms. The van der Waals surface area contributed by atoms with Crippen LogP contribution in [0.5, 0.6) is 0 Å². The Labute approximate surface area is 77.3 Å². The molecule has 0 saturated heterocycles. The standard InChI is InChI=1S/C8H16F2.CO2/c1-5(2)6(3)7(4)8(9)10;2-1-3/h5-8H,1-4H3;. The second kappa shape index (κ2) is 7.87. The summed E-state index contributed by atoms with van der Waals surface area (Å²) in [4.78, 5) is 16.2. The maximum absolute atomic E-state index is 12.0. The molecular weight excluding hydrogens is 178 g/mol. The van der Waals surface area contributed by atoms with Gasteiger partial charge in [-0.2, -0.15) is 9.59 Å². The van der Waals surface area contributed by atoms with Crippen LogP contribution in [0.15, 0.2) is 0 Å². The highest BCUT2D eigenvalue weighted by molar-refractivity contribution is 5.20. The van der Waals surface area contributed by atoms with Crippen LogP contribution in [0.4, 0.5) is 8.78 Å². The van der Waals surface area contributed by atoms with E-state index >= 15 is 0 Å². The van der Waals surface area contributed by atoms with E-state index in [1.807, 2.05) is 20.8 Å². The van der Waals surface area contributed by atoms with Gasteiger partial charge in [0, 0.05) is 5.92 Å². The molecule has 2 unspecified atom stereocenters. The number of alkyl halides is 2. The Morgan fingerprint density at radius 1 is 0.923 bits per heavy atom. The van der Waals surface area contributed by atoms with Gasteiger partial charge in [-0.25, -0.2) is 8.78 Å². The molecule has 0 fully saturated rings. The lowest BCUT2D eigenvalue weighted by molar-refractivity contribution is -0.191. The van der Waals surface area contributed by atoms with E-state index in [4.69, 9.17) is 9.59 Å². The van der Waals surface area contributed by atoms with Gasteiger partial charge >= 0.3 is 6.15 Å². The van der Waals surface area contributed by atoms with Crippen molar-refractivity contribution in [2.75, 3.05) is 0 Å². The highest BCUT2D eigenvalue weighted by Crippen LogP contribution is 2.24. The van der Waals surface area contributed by atoms with E-state index in [2.05, 4.69) is 0 Å². The van der Waals surface area contributed by atoms with E-state index in [-0.39, 0.29) is 12.1 Å². The van der Waals surface area contributed by atoms with Crippen molar-refractivity contribution in [1.29, 1.82) is 0 Å². The Morgan fingerprint density at radius 3 is 1.31 bits per heavy atom. The number of carbonyl (C=O) groups excluding carboxylic acids is 2. The van der Waals surface area contributed by atoms with E-state index in [9.17, 15) is 8.78 Å². The molecule has 2 nitrogen and oxygen atoms in total. The van der Waals surface area contributed by atoms with Crippen LogP contribution in [0.3, 0.4) is 0 Å². The first-order valence-electron chi connectivity index (χ1n) is 4.15. The molecule has 0 aliphatic carbocycles. The quantitative estimate of drug-likeness (QED) is 0.692. The summed E-state index contributed by atoms with van der Waals surface area (Å²) < 4.78 is 24.1. The second-order valence-corrected chi connectivity index (χ2v) is 3.38. The number of rotatable bonds is 3. The molecule has 0 spiro atoms. The van der Waals surface area contributed by atoms with Crippen molar-refractivity contribution in [3.8, 4) is 0 Å². The molecule has 0 amide bonds. The predicted molar refractivity (Wildman–Crippen MR) is 44.2 cm³/mol. The summed E-state index contributed by atoms with van der Waals surface area (Å²) in [5, 5.41) is 0. The Bertz CT molecular complexity index is 140. The van der Waals surface area contributed by atoms with Crippen molar-refractivity contribution < 1.29 is 18.4 Å². The molecule has 0 rings (SSSR count). The third-order valence-corrected chi connectivity index (χ3v) is 2.28. The number of hydrogen-bond acceptors (Lipinski definition) is 2. The van der Waals surface area contributed by atoms with Gasteiger partial charge in [0.1, 0.15) is 0 Å². The van der Waals surface area contributed by atoms with Gasteiger partial charge in [0.15, 0.2) is 0 Å². The summed E-state index contributed by atoms with van der Waals surface area (Å²) >= 11 is 0. The Balaban J connectivity index is 0. The van der Waals surface area contributed by atoms with E-state index < -0.39 is 12.3 Å². The maximum atomic E-state index is 12.0. The smallest absolute Gasteiger partial charge is 0.210 e. The lowest BCUT2D eigenvalue weighted by Gasteiger charge is -2.22. The summed E-state index contributed by atoms with van der Waals surface area (Å²) in [6.07, 6.45) is -1.92. The van der Waals surface area contributed by atoms with Crippen LogP contribution in [0.1, 0.15) is 27.7 Å². The minimum Gasteiger partial charge on any atom is -0.210 e. The fraction of sp³-hybridized carbons (Fsp3) is 0.889. The first-order chi connectivity index (χ1) is 5.88. The van der Waals surface area contributed by atoms with E-state index in [1.165, 1.54) is 0 Å². The minimum atomic E-state index is -2.17. The minimum absolute atomic E-state index is 0.111. The molecule has 0 N–H and O–H groups in total. The van der Waals surface area contributed by atoms with Crippen LogP contribution in [-0.2, 0) is 9.59 Å². The van der Waals surface area contributed by atoms with E-state index in [1.54, 1.807) is 6.92 Å². The number of halogens is 2. The molecule has 0 aromatic heterocycles. The fourth-order valence-electron chi connectivity index (χ4n) is 0.837. The van der Waals surface area contributed by atoms with E-state index in [0.717, 1.165) is 0 Å². The van der Waals surface area contributed by atoms with Crippen molar-refractivity contribution in [3.63, 3.8) is 0 Å². The average Bonchev–Trinajstić information content (AvgIpc) is 2.03. The zero-order valence-electron chi connectivity index (χ0n) is 8.38. The van der Waals surface area contributed by atoms with Crippen molar-refractivity contribution in [2.45, 2.75) is 34.1 Å². The number of hydrogen-bond donors (Lipinski definition) is 0. The third kappa shape index (κ3) is 7.60. The fourth-order valence-corrected chi connectivity index (χ4v) is 0.837. The molecule has 78 valence electrons. The zero-order valence-corrected chi connectivity index (χ0v) is 8.38. The van der Waals surface area contributed by atoms with Gasteiger partial charge in [0.05, 0.1) is 0 Å². The van der Waals surface area contributed by atoms with Gasteiger partial charge in [-0.15, -0.1) is 0 Å². The van der Waals surface area contributed by atoms with Crippen LogP contribution in [0, 0.1) is 17.8 Å². The molecule has 0 saturated carbocycles. The Hall–Kier alpha value is -0.760. The van der Waals surface area contributed by atoms with Crippen molar-refractivity contribution in [2.24, 2.45) is 17.8 Å².